The summed E-state index contributed by atoms with van der Waals surface area (Å²) in [5.74, 6) is -0.605. The van der Waals surface area contributed by atoms with Gasteiger partial charge < -0.3 is 19.7 Å². The van der Waals surface area contributed by atoms with Gasteiger partial charge in [0.2, 0.25) is 5.91 Å². The van der Waals surface area contributed by atoms with Crippen LogP contribution < -0.4 is 15.0 Å². The Labute approximate surface area is 180 Å². The van der Waals surface area contributed by atoms with Crippen molar-refractivity contribution in [3.8, 4) is 5.75 Å². The number of esters is 1. The summed E-state index contributed by atoms with van der Waals surface area (Å²) in [5.41, 5.74) is 1.88. The summed E-state index contributed by atoms with van der Waals surface area (Å²) in [6.45, 7) is 3.74. The van der Waals surface area contributed by atoms with E-state index in [1.165, 1.54) is 11.8 Å². The minimum atomic E-state index is -0.408. The van der Waals surface area contributed by atoms with Crippen LogP contribution in [0, 0.1) is 0 Å². The summed E-state index contributed by atoms with van der Waals surface area (Å²) >= 11 is 0. The Bertz CT molecular complexity index is 1000. The normalized spacial score (nSPS) is 12.6. The Kier molecular flexibility index (Phi) is 7.02. The number of Topliss-reactive ketones (excluding diaryl/α,β-unsaturated/α-hetero) is 1. The zero-order valence-electron chi connectivity index (χ0n) is 17.5. The van der Waals surface area contributed by atoms with Gasteiger partial charge in [0.15, 0.2) is 12.4 Å². The van der Waals surface area contributed by atoms with E-state index in [0.717, 1.165) is 6.42 Å². The van der Waals surface area contributed by atoms with E-state index in [9.17, 15) is 19.2 Å². The minimum Gasteiger partial charge on any atom is -0.482 e. The molecule has 0 saturated carbocycles. The monoisotopic (exact) mass is 424 g/mol. The van der Waals surface area contributed by atoms with E-state index in [1.54, 1.807) is 42.5 Å². The fourth-order valence-electron chi connectivity index (χ4n) is 3.07. The number of ketones is 1. The molecule has 162 valence electrons. The topological polar surface area (TPSA) is 102 Å². The standard InChI is InChI=1S/C23H24N2O6/c1-3-12-30-23(29)16-4-7-18(8-5-16)24-21(27)10-11-25-19-13-17(15(2)26)6-9-20(19)31-14-22(25)28/h4-9,13H,3,10-12,14H2,1-2H3,(H,24,27). The number of amides is 2. The second-order valence-electron chi connectivity index (χ2n) is 7.08. The number of carbonyl (C=O) groups is 4. The van der Waals surface area contributed by atoms with Crippen molar-refractivity contribution in [1.29, 1.82) is 0 Å². The number of fused-ring (bicyclic) bond motifs is 1. The Morgan fingerprint density at radius 3 is 2.48 bits per heavy atom. The molecule has 2 aromatic rings. The second-order valence-corrected chi connectivity index (χ2v) is 7.08. The van der Waals surface area contributed by atoms with Gasteiger partial charge in [0.25, 0.3) is 5.91 Å². The van der Waals surface area contributed by atoms with Gasteiger partial charge in [-0.3, -0.25) is 14.4 Å². The zero-order valence-corrected chi connectivity index (χ0v) is 17.5. The number of anilines is 2. The van der Waals surface area contributed by atoms with Crippen LogP contribution in [0.15, 0.2) is 42.5 Å². The van der Waals surface area contributed by atoms with Gasteiger partial charge in [0, 0.05) is 24.2 Å². The van der Waals surface area contributed by atoms with Gasteiger partial charge in [-0.2, -0.15) is 0 Å². The average Bonchev–Trinajstić information content (AvgIpc) is 2.76. The number of hydrogen-bond donors (Lipinski definition) is 1. The van der Waals surface area contributed by atoms with Crippen molar-refractivity contribution in [2.75, 3.05) is 30.0 Å². The van der Waals surface area contributed by atoms with E-state index in [-0.39, 0.29) is 37.2 Å². The number of carbonyl (C=O) groups excluding carboxylic acids is 4. The third-order valence-corrected chi connectivity index (χ3v) is 4.71. The summed E-state index contributed by atoms with van der Waals surface area (Å²) in [6.07, 6.45) is 0.793. The summed E-state index contributed by atoms with van der Waals surface area (Å²) in [5, 5.41) is 2.74. The molecule has 0 radical (unpaired) electrons. The molecule has 0 spiro atoms. The Balaban J connectivity index is 1.61. The van der Waals surface area contributed by atoms with Crippen molar-refractivity contribution in [1.82, 2.24) is 0 Å². The highest BCUT2D eigenvalue weighted by Crippen LogP contribution is 2.33. The van der Waals surface area contributed by atoms with Crippen molar-refractivity contribution in [2.45, 2.75) is 26.7 Å². The largest absolute Gasteiger partial charge is 0.482 e. The molecule has 2 amide bonds. The van der Waals surface area contributed by atoms with Crippen molar-refractivity contribution in [3.05, 3.63) is 53.6 Å². The van der Waals surface area contributed by atoms with Crippen molar-refractivity contribution < 1.29 is 28.7 Å². The Morgan fingerprint density at radius 1 is 1.10 bits per heavy atom. The van der Waals surface area contributed by atoms with Crippen LogP contribution in [0.5, 0.6) is 5.75 Å². The maximum atomic E-state index is 12.4. The lowest BCUT2D eigenvalue weighted by Gasteiger charge is -2.29. The number of nitrogens with zero attached hydrogens (tertiary/aromatic N) is 1. The number of ether oxygens (including phenoxy) is 2. The molecule has 0 unspecified atom stereocenters. The molecular weight excluding hydrogens is 400 g/mol. The van der Waals surface area contributed by atoms with Crippen LogP contribution in [0.25, 0.3) is 0 Å². The molecule has 0 saturated heterocycles. The molecule has 0 atom stereocenters. The molecule has 0 fully saturated rings. The average molecular weight is 424 g/mol. The molecule has 0 bridgehead atoms. The lowest BCUT2D eigenvalue weighted by Crippen LogP contribution is -2.40. The summed E-state index contributed by atoms with van der Waals surface area (Å²) in [6, 6.07) is 11.3. The third-order valence-electron chi connectivity index (χ3n) is 4.71. The third kappa shape index (κ3) is 5.48. The first-order valence-electron chi connectivity index (χ1n) is 10.0. The first-order chi connectivity index (χ1) is 14.9. The van der Waals surface area contributed by atoms with Crippen LogP contribution in [0.4, 0.5) is 11.4 Å². The van der Waals surface area contributed by atoms with Gasteiger partial charge in [-0.25, -0.2) is 4.79 Å². The maximum Gasteiger partial charge on any atom is 0.338 e. The number of nitrogens with one attached hydrogen (secondary N) is 1. The van der Waals surface area contributed by atoms with Crippen LogP contribution in [0.2, 0.25) is 0 Å². The quantitative estimate of drug-likeness (QED) is 0.516. The summed E-state index contributed by atoms with van der Waals surface area (Å²) in [4.78, 5) is 49.7. The van der Waals surface area contributed by atoms with Gasteiger partial charge in [-0.15, -0.1) is 0 Å². The molecule has 1 N–H and O–H groups in total. The van der Waals surface area contributed by atoms with Gasteiger partial charge in [0.05, 0.1) is 17.9 Å². The van der Waals surface area contributed by atoms with E-state index >= 15 is 0 Å². The highest BCUT2D eigenvalue weighted by molar-refractivity contribution is 6.02. The molecule has 1 aliphatic heterocycles. The smallest absolute Gasteiger partial charge is 0.338 e. The molecule has 3 rings (SSSR count). The lowest BCUT2D eigenvalue weighted by atomic mass is 10.1. The van der Waals surface area contributed by atoms with E-state index in [0.29, 0.717) is 34.9 Å². The van der Waals surface area contributed by atoms with E-state index < -0.39 is 5.97 Å². The van der Waals surface area contributed by atoms with Gasteiger partial charge in [0.1, 0.15) is 5.75 Å². The zero-order chi connectivity index (χ0) is 22.4. The fourth-order valence-corrected chi connectivity index (χ4v) is 3.07. The summed E-state index contributed by atoms with van der Waals surface area (Å²) < 4.78 is 10.5. The lowest BCUT2D eigenvalue weighted by molar-refractivity contribution is -0.121. The van der Waals surface area contributed by atoms with Crippen LogP contribution in [0.3, 0.4) is 0 Å². The minimum absolute atomic E-state index is 0.0514. The first-order valence-corrected chi connectivity index (χ1v) is 10.0. The molecule has 1 aliphatic rings. The molecule has 8 nitrogen and oxygen atoms in total. The molecule has 0 aromatic heterocycles. The molecule has 1 heterocycles. The molecular formula is C23H24N2O6. The van der Waals surface area contributed by atoms with Crippen molar-refractivity contribution >= 4 is 34.9 Å². The first kappa shape index (κ1) is 22.0. The van der Waals surface area contributed by atoms with Crippen LogP contribution in [-0.4, -0.2) is 43.3 Å². The van der Waals surface area contributed by atoms with Crippen LogP contribution >= 0.6 is 0 Å². The number of benzene rings is 2. The van der Waals surface area contributed by atoms with Gasteiger partial charge in [-0.05, 0) is 55.8 Å². The molecule has 0 aliphatic carbocycles. The van der Waals surface area contributed by atoms with E-state index in [4.69, 9.17) is 9.47 Å². The van der Waals surface area contributed by atoms with Crippen LogP contribution in [-0.2, 0) is 14.3 Å². The van der Waals surface area contributed by atoms with Crippen LogP contribution in [0.1, 0.15) is 47.4 Å². The molecule has 8 heteroatoms. The van der Waals surface area contributed by atoms with Gasteiger partial charge in [-0.1, -0.05) is 6.92 Å². The number of hydrogen-bond acceptors (Lipinski definition) is 6. The predicted octanol–water partition coefficient (Wildman–Crippen LogP) is 3.21. The predicted molar refractivity (Wildman–Crippen MR) is 115 cm³/mol. The van der Waals surface area contributed by atoms with Gasteiger partial charge >= 0.3 is 5.97 Å². The fraction of sp³-hybridized carbons (Fsp3) is 0.304. The van der Waals surface area contributed by atoms with Crippen molar-refractivity contribution in [2.24, 2.45) is 0 Å². The van der Waals surface area contributed by atoms with Crippen molar-refractivity contribution in [3.63, 3.8) is 0 Å². The maximum absolute atomic E-state index is 12.4. The highest BCUT2D eigenvalue weighted by Gasteiger charge is 2.26. The summed E-state index contributed by atoms with van der Waals surface area (Å²) in [7, 11) is 0. The van der Waals surface area contributed by atoms with E-state index in [1.807, 2.05) is 6.92 Å². The molecule has 2 aromatic carbocycles. The SMILES string of the molecule is CCCOC(=O)c1ccc(NC(=O)CCN2C(=O)COc3ccc(C(C)=O)cc32)cc1. The number of rotatable bonds is 8. The molecule has 31 heavy (non-hydrogen) atoms. The van der Waals surface area contributed by atoms with E-state index in [2.05, 4.69) is 5.32 Å². The Hall–Kier alpha value is -3.68. The Morgan fingerprint density at radius 2 is 1.81 bits per heavy atom. The highest BCUT2D eigenvalue weighted by atomic mass is 16.5. The second kappa shape index (κ2) is 9.88.